The molecule has 2 aromatic rings. The van der Waals surface area contributed by atoms with Gasteiger partial charge in [0.05, 0.1) is 16.8 Å². The summed E-state index contributed by atoms with van der Waals surface area (Å²) in [5, 5.41) is 3.15. The maximum atomic E-state index is 12.7. The average Bonchev–Trinajstić information content (AvgIpc) is 3.33. The second-order valence-electron chi connectivity index (χ2n) is 6.80. The van der Waals surface area contributed by atoms with Gasteiger partial charge in [0.1, 0.15) is 5.01 Å². The van der Waals surface area contributed by atoms with Crippen molar-refractivity contribution in [2.24, 2.45) is 5.92 Å². The molecule has 128 valence electrons. The topological polar surface area (TPSA) is 36.4 Å². The fourth-order valence-corrected chi connectivity index (χ4v) is 5.71. The smallest absolute Gasteiger partial charge is 0.227 e. The van der Waals surface area contributed by atoms with Gasteiger partial charge in [-0.05, 0) is 43.8 Å². The number of aromatic nitrogens is 1. The normalized spacial score (nSPS) is 25.5. The van der Waals surface area contributed by atoms with E-state index in [2.05, 4.69) is 27.4 Å². The minimum Gasteiger partial charge on any atom is -0.338 e. The van der Waals surface area contributed by atoms with E-state index >= 15 is 0 Å². The zero-order valence-corrected chi connectivity index (χ0v) is 15.6. The molecule has 1 amide bonds. The molecule has 4 rings (SSSR count). The molecule has 2 aliphatic rings. The first-order valence-electron chi connectivity index (χ1n) is 8.71. The lowest BCUT2D eigenvalue weighted by Crippen LogP contribution is -2.36. The van der Waals surface area contributed by atoms with Crippen LogP contribution in [0.15, 0.2) is 23.7 Å². The van der Waals surface area contributed by atoms with Gasteiger partial charge in [-0.2, -0.15) is 0 Å². The van der Waals surface area contributed by atoms with Gasteiger partial charge in [-0.3, -0.25) is 4.79 Å². The number of carbonyl (C=O) groups is 1. The summed E-state index contributed by atoms with van der Waals surface area (Å²) in [7, 11) is 1.95. The predicted molar refractivity (Wildman–Crippen MR) is 99.3 cm³/mol. The molecule has 2 unspecified atom stereocenters. The van der Waals surface area contributed by atoms with Crippen LogP contribution in [-0.2, 0) is 4.79 Å². The SMILES string of the molecule is CN1C(=O)C(CN2CCCCC2)CC1c1cnc(-c2cccs2)s1. The first kappa shape index (κ1) is 16.2. The zero-order chi connectivity index (χ0) is 16.5. The number of rotatable bonds is 4. The number of thiazole rings is 1. The van der Waals surface area contributed by atoms with Crippen molar-refractivity contribution in [1.29, 1.82) is 0 Å². The Balaban J connectivity index is 1.47. The molecule has 2 fully saturated rings. The summed E-state index contributed by atoms with van der Waals surface area (Å²) in [5.74, 6) is 0.446. The van der Waals surface area contributed by atoms with E-state index < -0.39 is 0 Å². The molecule has 2 atom stereocenters. The number of piperidine rings is 1. The molecule has 24 heavy (non-hydrogen) atoms. The summed E-state index contributed by atoms with van der Waals surface area (Å²) in [4.78, 5) is 24.1. The van der Waals surface area contributed by atoms with Crippen molar-refractivity contribution < 1.29 is 4.79 Å². The third-order valence-corrected chi connectivity index (χ3v) is 7.32. The van der Waals surface area contributed by atoms with Crippen LogP contribution >= 0.6 is 22.7 Å². The van der Waals surface area contributed by atoms with Crippen molar-refractivity contribution >= 4 is 28.6 Å². The van der Waals surface area contributed by atoms with E-state index in [0.717, 1.165) is 31.1 Å². The minimum absolute atomic E-state index is 0.144. The summed E-state index contributed by atoms with van der Waals surface area (Å²) >= 11 is 3.45. The number of nitrogens with zero attached hydrogens (tertiary/aromatic N) is 3. The van der Waals surface area contributed by atoms with Gasteiger partial charge in [0.2, 0.25) is 5.91 Å². The highest BCUT2D eigenvalue weighted by Crippen LogP contribution is 2.40. The van der Waals surface area contributed by atoms with Crippen LogP contribution in [0.4, 0.5) is 0 Å². The molecule has 0 bridgehead atoms. The Morgan fingerprint density at radius 2 is 2.12 bits per heavy atom. The summed E-state index contributed by atoms with van der Waals surface area (Å²) in [6, 6.07) is 4.36. The quantitative estimate of drug-likeness (QED) is 0.829. The lowest BCUT2D eigenvalue weighted by molar-refractivity contribution is -0.131. The van der Waals surface area contributed by atoms with Crippen LogP contribution in [0.1, 0.15) is 36.6 Å². The molecule has 2 aliphatic heterocycles. The first-order valence-corrected chi connectivity index (χ1v) is 10.4. The Morgan fingerprint density at radius 3 is 2.88 bits per heavy atom. The van der Waals surface area contributed by atoms with Gasteiger partial charge in [-0.15, -0.1) is 22.7 Å². The van der Waals surface area contributed by atoms with E-state index in [1.807, 2.05) is 18.1 Å². The van der Waals surface area contributed by atoms with Crippen molar-refractivity contribution in [2.75, 3.05) is 26.7 Å². The summed E-state index contributed by atoms with van der Waals surface area (Å²) in [6.07, 6.45) is 6.79. The van der Waals surface area contributed by atoms with Crippen LogP contribution < -0.4 is 0 Å². The van der Waals surface area contributed by atoms with Gasteiger partial charge in [0.15, 0.2) is 0 Å². The molecule has 0 N–H and O–H groups in total. The molecule has 0 aliphatic carbocycles. The van der Waals surface area contributed by atoms with E-state index in [1.54, 1.807) is 22.7 Å². The largest absolute Gasteiger partial charge is 0.338 e. The van der Waals surface area contributed by atoms with E-state index in [-0.39, 0.29) is 12.0 Å². The molecule has 2 aromatic heterocycles. The van der Waals surface area contributed by atoms with Crippen LogP contribution in [0.25, 0.3) is 9.88 Å². The van der Waals surface area contributed by atoms with Gasteiger partial charge in [-0.25, -0.2) is 4.98 Å². The maximum absolute atomic E-state index is 12.7. The highest BCUT2D eigenvalue weighted by atomic mass is 32.1. The third kappa shape index (κ3) is 3.15. The van der Waals surface area contributed by atoms with Gasteiger partial charge >= 0.3 is 0 Å². The molecule has 0 spiro atoms. The van der Waals surface area contributed by atoms with Gasteiger partial charge in [-0.1, -0.05) is 12.5 Å². The molecular formula is C18H23N3OS2. The third-order valence-electron chi connectivity index (χ3n) is 5.18. The molecule has 2 saturated heterocycles. The summed E-state index contributed by atoms with van der Waals surface area (Å²) in [6.45, 7) is 3.23. The number of likely N-dealkylation sites (tertiary alicyclic amines) is 2. The Kier molecular flexibility index (Phi) is 4.70. The predicted octanol–water partition coefficient (Wildman–Crippen LogP) is 3.88. The molecule has 6 heteroatoms. The molecule has 4 nitrogen and oxygen atoms in total. The number of hydrogen-bond donors (Lipinski definition) is 0. The first-order chi connectivity index (χ1) is 11.7. The maximum Gasteiger partial charge on any atom is 0.227 e. The minimum atomic E-state index is 0.144. The number of amides is 1. The fraction of sp³-hybridized carbons (Fsp3) is 0.556. The van der Waals surface area contributed by atoms with Crippen LogP contribution in [0.3, 0.4) is 0 Å². The standard InChI is InChI=1S/C18H23N3OS2/c1-20-14(16-11-19-17(24-16)15-6-5-9-23-15)10-13(18(20)22)12-21-7-3-2-4-8-21/h5-6,9,11,13-14H,2-4,7-8,10,12H2,1H3. The van der Waals surface area contributed by atoms with Crippen LogP contribution in [-0.4, -0.2) is 47.4 Å². The van der Waals surface area contributed by atoms with Crippen molar-refractivity contribution in [3.05, 3.63) is 28.6 Å². The zero-order valence-electron chi connectivity index (χ0n) is 14.0. The average molecular weight is 362 g/mol. The van der Waals surface area contributed by atoms with Crippen molar-refractivity contribution in [1.82, 2.24) is 14.8 Å². The van der Waals surface area contributed by atoms with E-state index in [9.17, 15) is 4.79 Å². The molecule has 0 radical (unpaired) electrons. The Labute approximate surface area is 151 Å². The lowest BCUT2D eigenvalue weighted by Gasteiger charge is -2.28. The van der Waals surface area contributed by atoms with Crippen molar-refractivity contribution in [3.8, 4) is 9.88 Å². The fourth-order valence-electron chi connectivity index (χ4n) is 3.84. The number of thiophene rings is 1. The monoisotopic (exact) mass is 361 g/mol. The lowest BCUT2D eigenvalue weighted by atomic mass is 10.0. The van der Waals surface area contributed by atoms with Crippen molar-refractivity contribution in [3.63, 3.8) is 0 Å². The molecule has 0 aromatic carbocycles. The van der Waals surface area contributed by atoms with Gasteiger partial charge in [0.25, 0.3) is 0 Å². The van der Waals surface area contributed by atoms with Gasteiger partial charge < -0.3 is 9.80 Å². The Hall–Kier alpha value is -1.24. The molecular weight excluding hydrogens is 338 g/mol. The number of carbonyl (C=O) groups excluding carboxylic acids is 1. The van der Waals surface area contributed by atoms with E-state index in [1.165, 1.54) is 29.0 Å². The highest BCUT2D eigenvalue weighted by Gasteiger charge is 2.39. The Bertz CT molecular complexity index is 691. The van der Waals surface area contributed by atoms with Gasteiger partial charge in [0, 0.05) is 24.7 Å². The summed E-state index contributed by atoms with van der Waals surface area (Å²) < 4.78 is 0. The highest BCUT2D eigenvalue weighted by molar-refractivity contribution is 7.21. The van der Waals surface area contributed by atoms with Crippen LogP contribution in [0.5, 0.6) is 0 Å². The molecule has 4 heterocycles. The van der Waals surface area contributed by atoms with Crippen LogP contribution in [0, 0.1) is 5.92 Å². The van der Waals surface area contributed by atoms with Crippen LogP contribution in [0.2, 0.25) is 0 Å². The second-order valence-corrected chi connectivity index (χ2v) is 8.81. The van der Waals surface area contributed by atoms with Crippen molar-refractivity contribution in [2.45, 2.75) is 31.7 Å². The Morgan fingerprint density at radius 1 is 1.29 bits per heavy atom. The molecule has 0 saturated carbocycles. The second kappa shape index (κ2) is 6.94. The number of hydrogen-bond acceptors (Lipinski definition) is 5. The van der Waals surface area contributed by atoms with E-state index in [0.29, 0.717) is 5.91 Å². The van der Waals surface area contributed by atoms with E-state index in [4.69, 9.17) is 0 Å². The summed E-state index contributed by atoms with van der Waals surface area (Å²) in [5.41, 5.74) is 0.